The van der Waals surface area contributed by atoms with E-state index in [1.165, 1.54) is 0 Å². The maximum atomic E-state index is 12.9. The number of aryl methyl sites for hydroxylation is 1. The Kier molecular flexibility index (Phi) is 6.20. The average molecular weight is 412 g/mol. The predicted molar refractivity (Wildman–Crippen MR) is 109 cm³/mol. The number of sulfonamides is 1. The Morgan fingerprint density at radius 3 is 2.56 bits per heavy atom. The molecule has 2 atom stereocenters. The van der Waals surface area contributed by atoms with E-state index in [2.05, 4.69) is 10.6 Å². The van der Waals surface area contributed by atoms with Gasteiger partial charge in [0.05, 0.1) is 15.8 Å². The molecule has 2 unspecified atom stereocenters. The Balaban J connectivity index is 1.60. The van der Waals surface area contributed by atoms with Crippen molar-refractivity contribution >= 4 is 27.7 Å². The zero-order valence-corrected chi connectivity index (χ0v) is 17.8. The minimum atomic E-state index is -3.46. The Morgan fingerprint density at radius 1 is 1.33 bits per heavy atom. The van der Waals surface area contributed by atoms with Crippen molar-refractivity contribution in [1.82, 2.24) is 14.9 Å². The Hall–Kier alpha value is -1.09. The third kappa shape index (κ3) is 4.50. The highest BCUT2D eigenvalue weighted by Gasteiger charge is 2.45. The zero-order valence-electron chi connectivity index (χ0n) is 16.2. The molecule has 2 saturated heterocycles. The monoisotopic (exact) mass is 411 g/mol. The van der Waals surface area contributed by atoms with Gasteiger partial charge in [-0.05, 0) is 45.2 Å². The molecule has 2 fully saturated rings. The van der Waals surface area contributed by atoms with Crippen molar-refractivity contribution in [2.45, 2.75) is 61.9 Å². The first kappa shape index (κ1) is 20.6. The number of hydrogen-bond acceptors (Lipinski definition) is 5. The van der Waals surface area contributed by atoms with Crippen LogP contribution in [0.25, 0.3) is 0 Å². The zero-order chi connectivity index (χ0) is 19.7. The van der Waals surface area contributed by atoms with Gasteiger partial charge >= 0.3 is 0 Å². The molecule has 0 aliphatic carbocycles. The minimum Gasteiger partial charge on any atom is -0.352 e. The molecule has 0 radical (unpaired) electrons. The van der Waals surface area contributed by atoms with E-state index in [-0.39, 0.29) is 22.9 Å². The number of carbonyl (C=O) groups excluding carboxylic acids is 1. The lowest BCUT2D eigenvalue weighted by Gasteiger charge is -2.38. The third-order valence-corrected chi connectivity index (χ3v) is 8.96. The van der Waals surface area contributed by atoms with E-state index in [4.69, 9.17) is 0 Å². The summed E-state index contributed by atoms with van der Waals surface area (Å²) in [4.78, 5) is 12.5. The third-order valence-electron chi connectivity index (χ3n) is 5.47. The summed E-state index contributed by atoms with van der Waals surface area (Å²) in [7, 11) is -3.46. The van der Waals surface area contributed by atoms with Gasteiger partial charge < -0.3 is 5.32 Å². The van der Waals surface area contributed by atoms with Crippen LogP contribution in [0.3, 0.4) is 0 Å². The molecule has 2 N–H and O–H groups in total. The van der Waals surface area contributed by atoms with Crippen LogP contribution >= 0.6 is 11.8 Å². The molecule has 2 aliphatic rings. The summed E-state index contributed by atoms with van der Waals surface area (Å²) < 4.78 is 27.3. The molecule has 1 aromatic rings. The maximum Gasteiger partial charge on any atom is 0.243 e. The molecule has 1 spiro atoms. The predicted octanol–water partition coefficient (Wildman–Crippen LogP) is 2.10. The van der Waals surface area contributed by atoms with Crippen LogP contribution in [0, 0.1) is 6.92 Å². The highest BCUT2D eigenvalue weighted by atomic mass is 32.2. The van der Waals surface area contributed by atoms with Crippen LogP contribution in [0.5, 0.6) is 0 Å². The molecular weight excluding hydrogens is 382 g/mol. The number of nitrogens with one attached hydrogen (secondary N) is 2. The molecule has 1 amide bonds. The van der Waals surface area contributed by atoms with E-state index < -0.39 is 10.0 Å². The summed E-state index contributed by atoms with van der Waals surface area (Å²) in [5, 5.41) is 6.52. The van der Waals surface area contributed by atoms with Gasteiger partial charge in [-0.25, -0.2) is 8.42 Å². The van der Waals surface area contributed by atoms with Crippen LogP contribution in [0.4, 0.5) is 0 Å². The highest BCUT2D eigenvalue weighted by Crippen LogP contribution is 2.40. The lowest BCUT2D eigenvalue weighted by atomic mass is 10.0. The summed E-state index contributed by atoms with van der Waals surface area (Å²) in [6, 6.07) is 6.96. The number of nitrogens with zero attached hydrogens (tertiary/aromatic N) is 1. The van der Waals surface area contributed by atoms with Crippen molar-refractivity contribution in [2.24, 2.45) is 0 Å². The van der Waals surface area contributed by atoms with Gasteiger partial charge in [-0.15, -0.1) is 11.8 Å². The normalized spacial score (nSPS) is 24.0. The number of hydrogen-bond donors (Lipinski definition) is 2. The van der Waals surface area contributed by atoms with Gasteiger partial charge in [0.1, 0.15) is 0 Å². The summed E-state index contributed by atoms with van der Waals surface area (Å²) in [6.45, 7) is 6.93. The molecule has 2 aliphatic heterocycles. The summed E-state index contributed by atoms with van der Waals surface area (Å²) in [5.41, 5.74) is 1.04. The van der Waals surface area contributed by atoms with Gasteiger partial charge in [0.2, 0.25) is 15.9 Å². The molecular formula is C19H29N3O3S2. The van der Waals surface area contributed by atoms with Crippen LogP contribution in [-0.2, 0) is 14.8 Å². The van der Waals surface area contributed by atoms with Crippen molar-refractivity contribution in [2.75, 3.05) is 18.8 Å². The molecule has 3 rings (SSSR count). The van der Waals surface area contributed by atoms with Gasteiger partial charge in [-0.2, -0.15) is 4.31 Å². The fraction of sp³-hybridized carbons (Fsp3) is 0.632. The first-order valence-corrected chi connectivity index (χ1v) is 12.0. The molecule has 6 nitrogen and oxygen atoms in total. The Morgan fingerprint density at radius 2 is 1.96 bits per heavy atom. The van der Waals surface area contributed by atoms with E-state index in [1.807, 2.05) is 32.9 Å². The lowest BCUT2D eigenvalue weighted by molar-refractivity contribution is -0.123. The van der Waals surface area contributed by atoms with Crippen molar-refractivity contribution in [3.63, 3.8) is 0 Å². The molecule has 2 heterocycles. The van der Waals surface area contributed by atoms with Crippen molar-refractivity contribution in [3.8, 4) is 0 Å². The van der Waals surface area contributed by atoms with Crippen LogP contribution < -0.4 is 10.6 Å². The molecule has 1 aromatic carbocycles. The van der Waals surface area contributed by atoms with Crippen LogP contribution in [0.15, 0.2) is 29.2 Å². The van der Waals surface area contributed by atoms with Crippen LogP contribution in [0.2, 0.25) is 0 Å². The van der Waals surface area contributed by atoms with E-state index in [0.29, 0.717) is 30.8 Å². The largest absolute Gasteiger partial charge is 0.352 e. The number of thioether (sulfide) groups is 1. The number of rotatable bonds is 5. The van der Waals surface area contributed by atoms with Crippen molar-refractivity contribution in [3.05, 3.63) is 29.8 Å². The number of piperidine rings is 1. The lowest BCUT2D eigenvalue weighted by Crippen LogP contribution is -2.55. The van der Waals surface area contributed by atoms with E-state index in [1.54, 1.807) is 28.2 Å². The summed E-state index contributed by atoms with van der Waals surface area (Å²) >= 11 is 1.75. The first-order valence-electron chi connectivity index (χ1n) is 9.54. The Bertz CT molecular complexity index is 772. The van der Waals surface area contributed by atoms with E-state index >= 15 is 0 Å². The smallest absolute Gasteiger partial charge is 0.243 e. The van der Waals surface area contributed by atoms with Gasteiger partial charge in [0, 0.05) is 24.9 Å². The van der Waals surface area contributed by atoms with Crippen LogP contribution in [-0.4, -0.2) is 54.4 Å². The minimum absolute atomic E-state index is 0.0448. The average Bonchev–Trinajstić information content (AvgIpc) is 3.06. The second-order valence-electron chi connectivity index (χ2n) is 7.54. The second kappa shape index (κ2) is 8.11. The summed E-state index contributed by atoms with van der Waals surface area (Å²) in [5.74, 6) is 0.774. The quantitative estimate of drug-likeness (QED) is 0.776. The standard InChI is InChI=1S/C19H29N3O3S2/c1-4-15(3)20-18(23)17-13-26-19(21-17)9-11-22(12-10-19)27(24,25)16-7-5-14(2)6-8-16/h5-8,15,17,21H,4,9-13H2,1-3H3,(H,20,23). The van der Waals surface area contributed by atoms with Crippen molar-refractivity contribution < 1.29 is 13.2 Å². The second-order valence-corrected chi connectivity index (χ2v) is 10.9. The fourth-order valence-electron chi connectivity index (χ4n) is 3.47. The topological polar surface area (TPSA) is 78.5 Å². The first-order chi connectivity index (χ1) is 12.8. The fourth-order valence-corrected chi connectivity index (χ4v) is 6.32. The molecule has 0 saturated carbocycles. The van der Waals surface area contributed by atoms with E-state index in [0.717, 1.165) is 17.7 Å². The van der Waals surface area contributed by atoms with Crippen LogP contribution in [0.1, 0.15) is 38.7 Å². The van der Waals surface area contributed by atoms with Gasteiger partial charge in [-0.3, -0.25) is 10.1 Å². The van der Waals surface area contributed by atoms with Crippen molar-refractivity contribution in [1.29, 1.82) is 0 Å². The number of carbonyl (C=O) groups is 1. The summed E-state index contributed by atoms with van der Waals surface area (Å²) in [6.07, 6.45) is 2.31. The molecule has 27 heavy (non-hydrogen) atoms. The maximum absolute atomic E-state index is 12.9. The van der Waals surface area contributed by atoms with E-state index in [9.17, 15) is 13.2 Å². The highest BCUT2D eigenvalue weighted by molar-refractivity contribution is 8.01. The van der Waals surface area contributed by atoms with Gasteiger partial charge in [0.25, 0.3) is 0 Å². The van der Waals surface area contributed by atoms with Gasteiger partial charge in [0.15, 0.2) is 0 Å². The van der Waals surface area contributed by atoms with Gasteiger partial charge in [-0.1, -0.05) is 24.6 Å². The Labute approximate surface area is 166 Å². The number of benzene rings is 1. The molecule has 0 aromatic heterocycles. The molecule has 8 heteroatoms. The SMILES string of the molecule is CCC(C)NC(=O)C1CSC2(CCN(S(=O)(=O)c3ccc(C)cc3)CC2)N1. The molecule has 150 valence electrons. The molecule has 0 bridgehead atoms. The number of amides is 1.